The maximum absolute atomic E-state index is 12.5. The molecule has 0 spiro atoms. The number of nitriles is 1. The highest BCUT2D eigenvalue weighted by Gasteiger charge is 2.29. The Kier molecular flexibility index (Phi) is 3.99. The molecule has 0 radical (unpaired) electrons. The molecule has 2 rings (SSSR count). The number of hydrogen-bond donors (Lipinski definition) is 1. The smallest absolute Gasteiger partial charge is 0.416 e. The van der Waals surface area contributed by atoms with Gasteiger partial charge in [-0.25, -0.2) is 0 Å². The number of phenolic OH excluding ortho intramolecular Hbond substituents is 1. The van der Waals surface area contributed by atoms with Gasteiger partial charge in [-0.15, -0.1) is 0 Å². The molecule has 0 aliphatic heterocycles. The summed E-state index contributed by atoms with van der Waals surface area (Å²) in [6, 6.07) is 12.5. The number of halogens is 3. The number of rotatable bonds is 2. The van der Waals surface area contributed by atoms with E-state index < -0.39 is 11.7 Å². The monoisotopic (exact) mass is 289 g/mol. The van der Waals surface area contributed by atoms with Gasteiger partial charge in [-0.05, 0) is 53.6 Å². The quantitative estimate of drug-likeness (QED) is 0.654. The predicted molar refractivity (Wildman–Crippen MR) is 73.0 cm³/mol. The van der Waals surface area contributed by atoms with Gasteiger partial charge in [0.15, 0.2) is 0 Å². The third-order valence-electron chi connectivity index (χ3n) is 2.85. The van der Waals surface area contributed by atoms with E-state index >= 15 is 0 Å². The topological polar surface area (TPSA) is 44.0 Å². The van der Waals surface area contributed by atoms with Crippen LogP contribution in [0.2, 0.25) is 0 Å². The molecular formula is C16H10F3NO. The molecule has 0 aliphatic rings. The van der Waals surface area contributed by atoms with Crippen molar-refractivity contribution in [2.75, 3.05) is 0 Å². The molecule has 0 atom stereocenters. The van der Waals surface area contributed by atoms with E-state index in [2.05, 4.69) is 0 Å². The van der Waals surface area contributed by atoms with Crippen LogP contribution in [0.4, 0.5) is 13.2 Å². The van der Waals surface area contributed by atoms with Crippen LogP contribution in [0, 0.1) is 11.3 Å². The van der Waals surface area contributed by atoms with Gasteiger partial charge >= 0.3 is 6.18 Å². The molecule has 0 saturated heterocycles. The van der Waals surface area contributed by atoms with E-state index in [1.165, 1.54) is 30.3 Å². The first-order chi connectivity index (χ1) is 9.90. The number of benzene rings is 2. The van der Waals surface area contributed by atoms with Crippen molar-refractivity contribution >= 4 is 11.6 Å². The zero-order valence-electron chi connectivity index (χ0n) is 10.7. The van der Waals surface area contributed by atoms with Crippen molar-refractivity contribution in [3.05, 3.63) is 65.2 Å². The summed E-state index contributed by atoms with van der Waals surface area (Å²) in [4.78, 5) is 0. The van der Waals surface area contributed by atoms with Gasteiger partial charge in [0.05, 0.1) is 17.2 Å². The maximum Gasteiger partial charge on any atom is 0.416 e. The minimum absolute atomic E-state index is 0.0746. The zero-order valence-corrected chi connectivity index (χ0v) is 10.7. The maximum atomic E-state index is 12.5. The SMILES string of the molecule is N#CC(=Cc1ccc(C(F)(F)F)cc1)c1ccc(O)cc1. The predicted octanol–water partition coefficient (Wildman–Crippen LogP) is 4.48. The van der Waals surface area contributed by atoms with E-state index in [1.54, 1.807) is 12.1 Å². The minimum Gasteiger partial charge on any atom is -0.508 e. The minimum atomic E-state index is -4.38. The van der Waals surface area contributed by atoms with Crippen LogP contribution in [-0.4, -0.2) is 5.11 Å². The molecule has 21 heavy (non-hydrogen) atoms. The van der Waals surface area contributed by atoms with Crippen LogP contribution >= 0.6 is 0 Å². The Morgan fingerprint density at radius 2 is 1.57 bits per heavy atom. The molecule has 0 bridgehead atoms. The lowest BCUT2D eigenvalue weighted by Crippen LogP contribution is -2.03. The third kappa shape index (κ3) is 3.63. The summed E-state index contributed by atoms with van der Waals surface area (Å²) in [5.74, 6) is 0.0746. The first-order valence-electron chi connectivity index (χ1n) is 5.98. The average Bonchev–Trinajstić information content (AvgIpc) is 2.45. The fraction of sp³-hybridized carbons (Fsp3) is 0.0625. The Bertz CT molecular complexity index is 692. The third-order valence-corrected chi connectivity index (χ3v) is 2.85. The van der Waals surface area contributed by atoms with Gasteiger partial charge in [0.2, 0.25) is 0 Å². The highest BCUT2D eigenvalue weighted by molar-refractivity contribution is 5.89. The van der Waals surface area contributed by atoms with Gasteiger partial charge in [-0.1, -0.05) is 12.1 Å². The van der Waals surface area contributed by atoms with Crippen LogP contribution in [-0.2, 0) is 6.18 Å². The second-order valence-corrected chi connectivity index (χ2v) is 4.34. The highest BCUT2D eigenvalue weighted by Crippen LogP contribution is 2.29. The summed E-state index contributed by atoms with van der Waals surface area (Å²) in [5, 5.41) is 18.3. The largest absolute Gasteiger partial charge is 0.508 e. The lowest BCUT2D eigenvalue weighted by atomic mass is 10.0. The number of phenols is 1. The summed E-state index contributed by atoms with van der Waals surface area (Å²) >= 11 is 0. The molecule has 0 amide bonds. The summed E-state index contributed by atoms with van der Waals surface area (Å²) in [7, 11) is 0. The zero-order chi connectivity index (χ0) is 15.5. The molecule has 106 valence electrons. The molecule has 0 aliphatic carbocycles. The Hall–Kier alpha value is -2.74. The second kappa shape index (κ2) is 5.71. The van der Waals surface area contributed by atoms with E-state index in [1.807, 2.05) is 6.07 Å². The molecule has 0 fully saturated rings. The summed E-state index contributed by atoms with van der Waals surface area (Å²) < 4.78 is 37.4. The number of aromatic hydroxyl groups is 1. The van der Waals surface area contributed by atoms with Gasteiger partial charge in [-0.3, -0.25) is 0 Å². The van der Waals surface area contributed by atoms with Gasteiger partial charge < -0.3 is 5.11 Å². The number of allylic oxidation sites excluding steroid dienone is 1. The summed E-state index contributed by atoms with van der Waals surface area (Å²) in [5.41, 5.74) is 0.639. The molecule has 2 aromatic rings. The molecule has 0 aromatic heterocycles. The number of alkyl halides is 3. The van der Waals surface area contributed by atoms with Gasteiger partial charge in [-0.2, -0.15) is 18.4 Å². The molecule has 1 N–H and O–H groups in total. The van der Waals surface area contributed by atoms with Crippen molar-refractivity contribution in [1.29, 1.82) is 5.26 Å². The standard InChI is InChI=1S/C16H10F3NO/c17-16(18,19)14-5-1-11(2-6-14)9-13(10-20)12-3-7-15(21)8-4-12/h1-9,21H. The lowest BCUT2D eigenvalue weighted by Gasteiger charge is -2.06. The van der Waals surface area contributed by atoms with E-state index in [4.69, 9.17) is 5.26 Å². The molecule has 0 unspecified atom stereocenters. The molecule has 5 heteroatoms. The fourth-order valence-electron chi connectivity index (χ4n) is 1.76. The lowest BCUT2D eigenvalue weighted by molar-refractivity contribution is -0.137. The van der Waals surface area contributed by atoms with Crippen molar-refractivity contribution < 1.29 is 18.3 Å². The van der Waals surface area contributed by atoms with Crippen molar-refractivity contribution in [1.82, 2.24) is 0 Å². The van der Waals surface area contributed by atoms with Crippen molar-refractivity contribution in [2.45, 2.75) is 6.18 Å². The molecular weight excluding hydrogens is 279 g/mol. The van der Waals surface area contributed by atoms with Crippen molar-refractivity contribution in [2.24, 2.45) is 0 Å². The molecule has 0 heterocycles. The van der Waals surface area contributed by atoms with Gasteiger partial charge in [0.1, 0.15) is 5.75 Å². The molecule has 0 saturated carbocycles. The van der Waals surface area contributed by atoms with Gasteiger partial charge in [0.25, 0.3) is 0 Å². The van der Waals surface area contributed by atoms with Crippen LogP contribution in [0.5, 0.6) is 5.75 Å². The highest BCUT2D eigenvalue weighted by atomic mass is 19.4. The van der Waals surface area contributed by atoms with Crippen molar-refractivity contribution in [3.8, 4) is 11.8 Å². The Labute approximate surface area is 119 Å². The van der Waals surface area contributed by atoms with Crippen molar-refractivity contribution in [3.63, 3.8) is 0 Å². The van der Waals surface area contributed by atoms with Crippen LogP contribution in [0.15, 0.2) is 48.5 Å². The Balaban J connectivity index is 2.33. The molecule has 2 aromatic carbocycles. The van der Waals surface area contributed by atoms with Gasteiger partial charge in [0, 0.05) is 0 Å². The summed E-state index contributed by atoms with van der Waals surface area (Å²) in [6.45, 7) is 0. The van der Waals surface area contributed by atoms with E-state index in [9.17, 15) is 18.3 Å². The van der Waals surface area contributed by atoms with E-state index in [0.717, 1.165) is 12.1 Å². The summed E-state index contributed by atoms with van der Waals surface area (Å²) in [6.07, 6.45) is -2.89. The first-order valence-corrected chi connectivity index (χ1v) is 5.98. The van der Waals surface area contributed by atoms with Crippen LogP contribution in [0.25, 0.3) is 11.6 Å². The van der Waals surface area contributed by atoms with Crippen LogP contribution in [0.1, 0.15) is 16.7 Å². The number of hydrogen-bond acceptors (Lipinski definition) is 2. The van der Waals surface area contributed by atoms with Crippen LogP contribution in [0.3, 0.4) is 0 Å². The van der Waals surface area contributed by atoms with Crippen LogP contribution < -0.4 is 0 Å². The van der Waals surface area contributed by atoms with E-state index in [-0.39, 0.29) is 5.75 Å². The fourth-order valence-corrected chi connectivity index (χ4v) is 1.76. The Morgan fingerprint density at radius 3 is 2.05 bits per heavy atom. The Morgan fingerprint density at radius 1 is 1.00 bits per heavy atom. The molecule has 2 nitrogen and oxygen atoms in total. The number of nitrogens with zero attached hydrogens (tertiary/aromatic N) is 1. The van der Waals surface area contributed by atoms with E-state index in [0.29, 0.717) is 16.7 Å². The normalized spacial score (nSPS) is 12.0. The first kappa shape index (κ1) is 14.7. The average molecular weight is 289 g/mol. The second-order valence-electron chi connectivity index (χ2n) is 4.34.